The Morgan fingerprint density at radius 3 is 2.70 bits per heavy atom. The van der Waals surface area contributed by atoms with Crippen LogP contribution in [0.2, 0.25) is 0 Å². The van der Waals surface area contributed by atoms with Gasteiger partial charge in [-0.05, 0) is 48.7 Å². The molecule has 0 aliphatic heterocycles. The fraction of sp³-hybridized carbons (Fsp3) is 0.389. The van der Waals surface area contributed by atoms with Crippen LogP contribution in [0.15, 0.2) is 40.3 Å². The van der Waals surface area contributed by atoms with Gasteiger partial charge >= 0.3 is 0 Å². The van der Waals surface area contributed by atoms with Gasteiger partial charge in [0.15, 0.2) is 5.69 Å². The maximum atomic E-state index is 13.1. The number of para-hydroxylation sites is 1. The van der Waals surface area contributed by atoms with Crippen molar-refractivity contribution in [1.82, 2.24) is 29.6 Å². The molecule has 0 N–H and O–H groups in total. The predicted molar refractivity (Wildman–Crippen MR) is 101 cm³/mol. The van der Waals surface area contributed by atoms with Gasteiger partial charge in [0.2, 0.25) is 5.16 Å². The summed E-state index contributed by atoms with van der Waals surface area (Å²) in [5.41, 5.74) is 1.66. The molecule has 2 heterocycles. The first-order valence-corrected chi connectivity index (χ1v) is 9.72. The van der Waals surface area contributed by atoms with E-state index in [4.69, 9.17) is 0 Å². The van der Waals surface area contributed by atoms with Crippen LogP contribution < -0.4 is 5.56 Å². The highest BCUT2D eigenvalue weighted by Crippen LogP contribution is 2.48. The van der Waals surface area contributed by atoms with Gasteiger partial charge in [-0.1, -0.05) is 30.0 Å². The quantitative estimate of drug-likeness (QED) is 0.608. The number of tetrazole rings is 1. The number of hydrogen-bond acceptors (Lipinski definition) is 6. The van der Waals surface area contributed by atoms with Crippen LogP contribution >= 0.6 is 11.8 Å². The lowest BCUT2D eigenvalue weighted by atomic mass is 10.1. The summed E-state index contributed by atoms with van der Waals surface area (Å²) < 4.78 is 4.92. The van der Waals surface area contributed by atoms with E-state index in [0.29, 0.717) is 10.8 Å². The Bertz CT molecular complexity index is 1070. The second-order valence-corrected chi connectivity index (χ2v) is 7.84. The number of nitriles is 1. The maximum absolute atomic E-state index is 13.1. The Labute approximate surface area is 160 Å². The number of nitrogens with zero attached hydrogens (tertiary/aromatic N) is 7. The van der Waals surface area contributed by atoms with Gasteiger partial charge in [-0.25, -0.2) is 4.68 Å². The molecule has 9 heteroatoms. The third-order valence-electron chi connectivity index (χ3n) is 5.08. The molecule has 2 aromatic heterocycles. The van der Waals surface area contributed by atoms with Crippen molar-refractivity contribution < 1.29 is 0 Å². The van der Waals surface area contributed by atoms with Crippen molar-refractivity contribution >= 4 is 11.8 Å². The van der Waals surface area contributed by atoms with Crippen molar-refractivity contribution in [2.75, 3.05) is 5.75 Å². The molecule has 3 aromatic rings. The van der Waals surface area contributed by atoms with Crippen LogP contribution in [0.1, 0.15) is 25.0 Å². The van der Waals surface area contributed by atoms with Crippen molar-refractivity contribution in [2.45, 2.75) is 31.3 Å². The predicted octanol–water partition coefficient (Wildman–Crippen LogP) is 2.25. The van der Waals surface area contributed by atoms with Gasteiger partial charge in [-0.2, -0.15) is 9.94 Å². The summed E-state index contributed by atoms with van der Waals surface area (Å²) >= 11 is 1.48. The second kappa shape index (κ2) is 6.70. The number of thioether (sulfide) groups is 1. The standard InChI is InChI=1S/C18H19N7OS/c1-13-15(16(26)25(23(13)2)14-6-4-3-5-7-14)24-17(20-21-22-24)27-11-10-18(12-19)8-9-18/h3-7H,8-11H2,1-2H3. The summed E-state index contributed by atoms with van der Waals surface area (Å²) in [6.45, 7) is 1.88. The highest BCUT2D eigenvalue weighted by atomic mass is 32.2. The normalized spacial score (nSPS) is 14.9. The molecule has 1 fully saturated rings. The number of rotatable bonds is 6. The van der Waals surface area contributed by atoms with E-state index in [2.05, 4.69) is 21.6 Å². The Morgan fingerprint density at radius 2 is 2.04 bits per heavy atom. The molecule has 4 rings (SSSR count). The van der Waals surface area contributed by atoms with Crippen molar-refractivity contribution in [1.29, 1.82) is 5.26 Å². The Hall–Kier alpha value is -2.86. The fourth-order valence-electron chi connectivity index (χ4n) is 3.11. The molecule has 1 aliphatic carbocycles. The summed E-state index contributed by atoms with van der Waals surface area (Å²) in [7, 11) is 1.84. The number of benzene rings is 1. The van der Waals surface area contributed by atoms with E-state index in [1.54, 1.807) is 9.36 Å². The zero-order valence-electron chi connectivity index (χ0n) is 15.2. The zero-order valence-corrected chi connectivity index (χ0v) is 16.0. The minimum atomic E-state index is -0.175. The third-order valence-corrected chi connectivity index (χ3v) is 6.00. The summed E-state index contributed by atoms with van der Waals surface area (Å²) in [6, 6.07) is 11.9. The molecule has 0 radical (unpaired) electrons. The van der Waals surface area contributed by atoms with Gasteiger partial charge in [0.1, 0.15) is 0 Å². The van der Waals surface area contributed by atoms with E-state index in [-0.39, 0.29) is 11.0 Å². The van der Waals surface area contributed by atoms with Crippen molar-refractivity contribution in [2.24, 2.45) is 12.5 Å². The average molecular weight is 381 g/mol. The van der Waals surface area contributed by atoms with E-state index in [1.165, 1.54) is 16.4 Å². The molecule has 0 bridgehead atoms. The van der Waals surface area contributed by atoms with Gasteiger partial charge in [-0.15, -0.1) is 5.10 Å². The fourth-order valence-corrected chi connectivity index (χ4v) is 4.13. The lowest BCUT2D eigenvalue weighted by molar-refractivity contribution is 0.630. The van der Waals surface area contributed by atoms with Crippen LogP contribution in [0.4, 0.5) is 0 Å². The van der Waals surface area contributed by atoms with Crippen molar-refractivity contribution in [3.63, 3.8) is 0 Å². The molecule has 8 nitrogen and oxygen atoms in total. The minimum absolute atomic E-state index is 0.159. The Morgan fingerprint density at radius 1 is 1.30 bits per heavy atom. The zero-order chi connectivity index (χ0) is 19.0. The van der Waals surface area contributed by atoms with Gasteiger partial charge in [0.25, 0.3) is 5.56 Å². The van der Waals surface area contributed by atoms with Crippen LogP contribution in [0.5, 0.6) is 0 Å². The largest absolute Gasteiger partial charge is 0.297 e. The Balaban J connectivity index is 1.66. The molecular formula is C18H19N7OS. The molecule has 0 spiro atoms. The van der Waals surface area contributed by atoms with Crippen LogP contribution in [-0.4, -0.2) is 35.3 Å². The van der Waals surface area contributed by atoms with Crippen LogP contribution in [-0.2, 0) is 7.05 Å². The summed E-state index contributed by atoms with van der Waals surface area (Å²) in [5.74, 6) is 0.743. The molecule has 27 heavy (non-hydrogen) atoms. The van der Waals surface area contributed by atoms with Crippen molar-refractivity contribution in [3.05, 3.63) is 46.4 Å². The SMILES string of the molecule is Cc1c(-n2nnnc2SCCC2(C#N)CC2)c(=O)n(-c2ccccc2)n1C. The molecule has 0 saturated heterocycles. The summed E-state index contributed by atoms with van der Waals surface area (Å²) in [6.07, 6.45) is 2.74. The van der Waals surface area contributed by atoms with Crippen LogP contribution in [0.3, 0.4) is 0 Å². The maximum Gasteiger partial charge on any atom is 0.297 e. The number of aromatic nitrogens is 6. The lowest BCUT2D eigenvalue weighted by Gasteiger charge is -2.07. The molecule has 0 amide bonds. The third kappa shape index (κ3) is 3.06. The first-order valence-electron chi connectivity index (χ1n) is 8.73. The molecule has 1 aromatic carbocycles. The first kappa shape index (κ1) is 17.5. The molecule has 138 valence electrons. The van der Waals surface area contributed by atoms with E-state index in [0.717, 1.165) is 36.4 Å². The summed E-state index contributed by atoms with van der Waals surface area (Å²) in [4.78, 5) is 13.1. The average Bonchev–Trinajstić information content (AvgIpc) is 3.26. The van der Waals surface area contributed by atoms with E-state index in [1.807, 2.05) is 44.3 Å². The molecular weight excluding hydrogens is 362 g/mol. The van der Waals surface area contributed by atoms with E-state index < -0.39 is 0 Å². The van der Waals surface area contributed by atoms with Crippen LogP contribution in [0.25, 0.3) is 11.4 Å². The molecule has 0 unspecified atom stereocenters. The minimum Gasteiger partial charge on any atom is -0.283 e. The Kier molecular flexibility index (Phi) is 4.36. The summed E-state index contributed by atoms with van der Waals surface area (Å²) in [5, 5.41) is 21.7. The molecule has 1 saturated carbocycles. The van der Waals surface area contributed by atoms with Gasteiger partial charge in [0.05, 0.1) is 22.9 Å². The van der Waals surface area contributed by atoms with Gasteiger partial charge in [0, 0.05) is 12.8 Å². The highest BCUT2D eigenvalue weighted by molar-refractivity contribution is 7.99. The topological polar surface area (TPSA) is 94.3 Å². The smallest absolute Gasteiger partial charge is 0.283 e. The van der Waals surface area contributed by atoms with Gasteiger partial charge in [-0.3, -0.25) is 9.48 Å². The first-order chi connectivity index (χ1) is 13.1. The van der Waals surface area contributed by atoms with E-state index in [9.17, 15) is 10.1 Å². The number of hydrogen-bond donors (Lipinski definition) is 0. The van der Waals surface area contributed by atoms with Crippen LogP contribution in [0, 0.1) is 23.7 Å². The lowest BCUT2D eigenvalue weighted by Crippen LogP contribution is -2.22. The second-order valence-electron chi connectivity index (χ2n) is 6.77. The molecule has 0 atom stereocenters. The van der Waals surface area contributed by atoms with Crippen molar-refractivity contribution in [3.8, 4) is 17.4 Å². The molecule has 1 aliphatic rings. The highest BCUT2D eigenvalue weighted by Gasteiger charge is 2.42. The monoisotopic (exact) mass is 381 g/mol. The van der Waals surface area contributed by atoms with E-state index >= 15 is 0 Å². The van der Waals surface area contributed by atoms with Gasteiger partial charge < -0.3 is 0 Å².